The summed E-state index contributed by atoms with van der Waals surface area (Å²) in [5.41, 5.74) is 0.944. The minimum absolute atomic E-state index is 0.0286. The molecule has 0 atom stereocenters. The zero-order valence-electron chi connectivity index (χ0n) is 12.3. The monoisotopic (exact) mass is 308 g/mol. The predicted octanol–water partition coefficient (Wildman–Crippen LogP) is 2.36. The molecule has 1 heterocycles. The molecule has 2 rings (SSSR count). The topological polar surface area (TPSA) is 32.8 Å². The van der Waals surface area contributed by atoms with E-state index in [1.807, 2.05) is 24.0 Å². The molecule has 0 spiro atoms. The van der Waals surface area contributed by atoms with Gasteiger partial charge in [0.25, 0.3) is 5.91 Å². The molecule has 0 saturated carbocycles. The SMILES string of the molecule is C=CCN1CCN(C(=O)COc2ccc(Cl)c(C)c2)CC1. The van der Waals surface area contributed by atoms with Crippen LogP contribution in [0.25, 0.3) is 0 Å². The molecular formula is C16H21ClN2O2. The third-order valence-electron chi connectivity index (χ3n) is 3.60. The highest BCUT2D eigenvalue weighted by atomic mass is 35.5. The number of hydrogen-bond acceptors (Lipinski definition) is 3. The molecule has 1 aliphatic rings. The molecule has 0 unspecified atom stereocenters. The van der Waals surface area contributed by atoms with Gasteiger partial charge in [0, 0.05) is 37.7 Å². The summed E-state index contributed by atoms with van der Waals surface area (Å²) in [4.78, 5) is 16.3. The normalized spacial score (nSPS) is 15.8. The first-order valence-electron chi connectivity index (χ1n) is 7.10. The number of halogens is 1. The van der Waals surface area contributed by atoms with Crippen molar-refractivity contribution in [2.24, 2.45) is 0 Å². The molecule has 21 heavy (non-hydrogen) atoms. The molecule has 1 aliphatic heterocycles. The Morgan fingerprint density at radius 3 is 2.71 bits per heavy atom. The van der Waals surface area contributed by atoms with Crippen LogP contribution < -0.4 is 4.74 Å². The Kier molecular flexibility index (Phi) is 5.65. The minimum atomic E-state index is 0.0286. The van der Waals surface area contributed by atoms with Gasteiger partial charge in [0.1, 0.15) is 5.75 Å². The average molecular weight is 309 g/mol. The van der Waals surface area contributed by atoms with Gasteiger partial charge in [-0.1, -0.05) is 17.7 Å². The second-order valence-corrected chi connectivity index (χ2v) is 5.58. The van der Waals surface area contributed by atoms with Crippen LogP contribution in [0.15, 0.2) is 30.9 Å². The van der Waals surface area contributed by atoms with Crippen LogP contribution in [-0.2, 0) is 4.79 Å². The minimum Gasteiger partial charge on any atom is -0.484 e. The van der Waals surface area contributed by atoms with Crippen LogP contribution >= 0.6 is 11.6 Å². The zero-order valence-corrected chi connectivity index (χ0v) is 13.1. The van der Waals surface area contributed by atoms with Gasteiger partial charge >= 0.3 is 0 Å². The van der Waals surface area contributed by atoms with Crippen molar-refractivity contribution >= 4 is 17.5 Å². The number of nitrogens with zero attached hydrogens (tertiary/aromatic N) is 2. The van der Waals surface area contributed by atoms with Gasteiger partial charge in [0.2, 0.25) is 0 Å². The lowest BCUT2D eigenvalue weighted by Gasteiger charge is -2.34. The molecule has 0 N–H and O–H groups in total. The summed E-state index contributed by atoms with van der Waals surface area (Å²) in [7, 11) is 0. The molecule has 1 aromatic carbocycles. The molecule has 1 fully saturated rings. The second-order valence-electron chi connectivity index (χ2n) is 5.17. The molecule has 1 amide bonds. The van der Waals surface area contributed by atoms with E-state index in [0.717, 1.165) is 38.3 Å². The van der Waals surface area contributed by atoms with Gasteiger partial charge in [-0.3, -0.25) is 9.69 Å². The van der Waals surface area contributed by atoms with Crippen LogP contribution in [0.2, 0.25) is 5.02 Å². The lowest BCUT2D eigenvalue weighted by atomic mass is 10.2. The summed E-state index contributed by atoms with van der Waals surface area (Å²) in [5, 5.41) is 0.701. The van der Waals surface area contributed by atoms with Gasteiger partial charge in [-0.05, 0) is 30.7 Å². The Morgan fingerprint density at radius 1 is 1.38 bits per heavy atom. The lowest BCUT2D eigenvalue weighted by Crippen LogP contribution is -2.49. The zero-order chi connectivity index (χ0) is 15.2. The van der Waals surface area contributed by atoms with Gasteiger partial charge in [-0.25, -0.2) is 0 Å². The highest BCUT2D eigenvalue weighted by molar-refractivity contribution is 6.31. The molecule has 4 nitrogen and oxygen atoms in total. The fourth-order valence-corrected chi connectivity index (χ4v) is 2.42. The van der Waals surface area contributed by atoms with E-state index in [4.69, 9.17) is 16.3 Å². The highest BCUT2D eigenvalue weighted by Gasteiger charge is 2.20. The molecule has 114 valence electrons. The summed E-state index contributed by atoms with van der Waals surface area (Å²) >= 11 is 5.96. The van der Waals surface area contributed by atoms with E-state index in [9.17, 15) is 4.79 Å². The molecule has 0 bridgehead atoms. The van der Waals surface area contributed by atoms with Crippen LogP contribution in [0.5, 0.6) is 5.75 Å². The number of piperazine rings is 1. The quantitative estimate of drug-likeness (QED) is 0.783. The number of hydrogen-bond donors (Lipinski definition) is 0. The van der Waals surface area contributed by atoms with Gasteiger partial charge in [-0.2, -0.15) is 0 Å². The Hall–Kier alpha value is -1.52. The third kappa shape index (κ3) is 4.48. The smallest absolute Gasteiger partial charge is 0.260 e. The van der Waals surface area contributed by atoms with Crippen LogP contribution in [0.4, 0.5) is 0 Å². The van der Waals surface area contributed by atoms with Gasteiger partial charge in [0.05, 0.1) is 0 Å². The Labute approximate surface area is 130 Å². The van der Waals surface area contributed by atoms with Crippen molar-refractivity contribution in [3.8, 4) is 5.75 Å². The van der Waals surface area contributed by atoms with E-state index in [1.54, 1.807) is 12.1 Å². The molecule has 0 radical (unpaired) electrons. The molecule has 0 aromatic heterocycles. The standard InChI is InChI=1S/C16H21ClN2O2/c1-3-6-18-7-9-19(10-8-18)16(20)12-21-14-4-5-15(17)13(2)11-14/h3-5,11H,1,6-10,12H2,2H3. The van der Waals surface area contributed by atoms with E-state index in [-0.39, 0.29) is 12.5 Å². The largest absolute Gasteiger partial charge is 0.484 e. The van der Waals surface area contributed by atoms with E-state index < -0.39 is 0 Å². The number of ether oxygens (including phenoxy) is 1. The number of rotatable bonds is 5. The van der Waals surface area contributed by atoms with E-state index in [1.165, 1.54) is 0 Å². The maximum atomic E-state index is 12.1. The summed E-state index contributed by atoms with van der Waals surface area (Å²) in [5.74, 6) is 0.705. The van der Waals surface area contributed by atoms with E-state index in [2.05, 4.69) is 11.5 Å². The van der Waals surface area contributed by atoms with Gasteiger partial charge in [-0.15, -0.1) is 6.58 Å². The molecule has 1 aromatic rings. The Balaban J connectivity index is 1.79. The summed E-state index contributed by atoms with van der Waals surface area (Å²) in [6, 6.07) is 5.41. The first kappa shape index (κ1) is 15.9. The lowest BCUT2D eigenvalue weighted by molar-refractivity contribution is -0.135. The number of carbonyl (C=O) groups excluding carboxylic acids is 1. The maximum absolute atomic E-state index is 12.1. The highest BCUT2D eigenvalue weighted by Crippen LogP contribution is 2.21. The first-order valence-corrected chi connectivity index (χ1v) is 7.48. The third-order valence-corrected chi connectivity index (χ3v) is 4.03. The van der Waals surface area contributed by atoms with E-state index >= 15 is 0 Å². The van der Waals surface area contributed by atoms with Crippen molar-refractivity contribution in [2.75, 3.05) is 39.3 Å². The summed E-state index contributed by atoms with van der Waals surface area (Å²) in [6.45, 7) is 9.86. The Morgan fingerprint density at radius 2 is 2.10 bits per heavy atom. The summed E-state index contributed by atoms with van der Waals surface area (Å²) in [6.07, 6.45) is 1.89. The first-order chi connectivity index (χ1) is 10.1. The molecular weight excluding hydrogens is 288 g/mol. The molecule has 5 heteroatoms. The van der Waals surface area contributed by atoms with Crippen LogP contribution in [0.1, 0.15) is 5.56 Å². The second kappa shape index (κ2) is 7.48. The average Bonchev–Trinajstić information content (AvgIpc) is 2.49. The van der Waals surface area contributed by atoms with Crippen molar-refractivity contribution in [2.45, 2.75) is 6.92 Å². The van der Waals surface area contributed by atoms with E-state index in [0.29, 0.717) is 10.8 Å². The number of carbonyl (C=O) groups is 1. The fourth-order valence-electron chi connectivity index (χ4n) is 2.31. The number of aryl methyl sites for hydroxylation is 1. The van der Waals surface area contributed by atoms with Crippen molar-refractivity contribution in [1.29, 1.82) is 0 Å². The van der Waals surface area contributed by atoms with Crippen LogP contribution in [-0.4, -0.2) is 55.0 Å². The molecule has 0 aliphatic carbocycles. The van der Waals surface area contributed by atoms with Crippen LogP contribution in [0, 0.1) is 6.92 Å². The Bertz CT molecular complexity index is 511. The van der Waals surface area contributed by atoms with Crippen LogP contribution in [0.3, 0.4) is 0 Å². The van der Waals surface area contributed by atoms with Crippen molar-refractivity contribution in [1.82, 2.24) is 9.80 Å². The van der Waals surface area contributed by atoms with Crippen molar-refractivity contribution in [3.63, 3.8) is 0 Å². The van der Waals surface area contributed by atoms with Gasteiger partial charge in [0.15, 0.2) is 6.61 Å². The van der Waals surface area contributed by atoms with Crippen molar-refractivity contribution < 1.29 is 9.53 Å². The molecule has 1 saturated heterocycles. The predicted molar refractivity (Wildman–Crippen MR) is 84.9 cm³/mol. The van der Waals surface area contributed by atoms with Crippen molar-refractivity contribution in [3.05, 3.63) is 41.4 Å². The fraction of sp³-hybridized carbons (Fsp3) is 0.438. The number of amides is 1. The van der Waals surface area contributed by atoms with Gasteiger partial charge < -0.3 is 9.64 Å². The number of benzene rings is 1. The maximum Gasteiger partial charge on any atom is 0.260 e. The summed E-state index contributed by atoms with van der Waals surface area (Å²) < 4.78 is 5.55.